The Morgan fingerprint density at radius 2 is 1.76 bits per heavy atom. The molecule has 7 nitrogen and oxygen atoms in total. The van der Waals surface area contributed by atoms with Crippen LogP contribution < -0.4 is 21.3 Å². The monoisotopic (exact) mass is 500 g/mol. The summed E-state index contributed by atoms with van der Waals surface area (Å²) in [5, 5.41) is 6.79. The molecule has 7 heteroatoms. The molecule has 1 saturated heterocycles. The van der Waals surface area contributed by atoms with Crippen LogP contribution in [0, 0.1) is 5.92 Å². The van der Waals surface area contributed by atoms with Gasteiger partial charge in [-0.1, -0.05) is 13.8 Å². The van der Waals surface area contributed by atoms with E-state index in [0.29, 0.717) is 6.04 Å². The Labute approximate surface area is 219 Å². The van der Waals surface area contributed by atoms with Crippen molar-refractivity contribution in [1.82, 2.24) is 9.55 Å². The molecule has 1 atom stereocenters. The van der Waals surface area contributed by atoms with Gasteiger partial charge in [0.1, 0.15) is 11.9 Å². The normalized spacial score (nSPS) is 23.0. The fourth-order valence-corrected chi connectivity index (χ4v) is 7.07. The van der Waals surface area contributed by atoms with Crippen LogP contribution in [0.1, 0.15) is 73.3 Å². The lowest BCUT2D eigenvalue weighted by Gasteiger charge is -2.56. The van der Waals surface area contributed by atoms with E-state index in [1.165, 1.54) is 12.8 Å². The molecule has 2 aliphatic heterocycles. The molecular weight excluding hydrogens is 460 g/mol. The number of nitrogens with one attached hydrogen (secondary N) is 2. The first kappa shape index (κ1) is 24.3. The minimum Gasteiger partial charge on any atom is -0.382 e. The topological polar surface area (TPSA) is 88.2 Å². The lowest BCUT2D eigenvalue weighted by Crippen LogP contribution is -2.63. The summed E-state index contributed by atoms with van der Waals surface area (Å²) in [5.41, 5.74) is 12.2. The molecule has 4 N–H and O–H groups in total. The van der Waals surface area contributed by atoms with Crippen molar-refractivity contribution in [1.29, 1.82) is 0 Å². The lowest BCUT2D eigenvalue weighted by molar-refractivity contribution is -0.120. The Morgan fingerprint density at radius 1 is 1.05 bits per heavy atom. The van der Waals surface area contributed by atoms with Crippen LogP contribution in [0.25, 0.3) is 22.4 Å². The molecule has 6 rings (SSSR count). The zero-order valence-electron chi connectivity index (χ0n) is 22.9. The number of nitrogens with zero attached hydrogens (tertiary/aromatic N) is 3. The van der Waals surface area contributed by atoms with Gasteiger partial charge >= 0.3 is 0 Å². The van der Waals surface area contributed by atoms with Crippen molar-refractivity contribution in [3.8, 4) is 11.4 Å². The summed E-state index contributed by atoms with van der Waals surface area (Å²) in [6.07, 6.45) is 4.29. The SMILES string of the molecule is CC(C)C1C(=O)Nc2ccc(NC3CC3)cc2-c2nc3cc(N4C(C)(C)CC(N)CC4(C)C)ccc3n21. The van der Waals surface area contributed by atoms with Gasteiger partial charge in [0, 0.05) is 40.1 Å². The summed E-state index contributed by atoms with van der Waals surface area (Å²) in [6, 6.07) is 13.2. The van der Waals surface area contributed by atoms with E-state index in [-0.39, 0.29) is 35.0 Å². The average Bonchev–Trinajstić information content (AvgIpc) is 3.53. The van der Waals surface area contributed by atoms with Gasteiger partial charge in [0.05, 0.1) is 16.7 Å². The lowest BCUT2D eigenvalue weighted by atomic mass is 9.77. The van der Waals surface area contributed by atoms with Crippen molar-refractivity contribution in [3.05, 3.63) is 36.4 Å². The van der Waals surface area contributed by atoms with Crippen LogP contribution in [0.5, 0.6) is 0 Å². The van der Waals surface area contributed by atoms with Crippen LogP contribution in [-0.2, 0) is 4.79 Å². The molecule has 3 heterocycles. The summed E-state index contributed by atoms with van der Waals surface area (Å²) in [7, 11) is 0. The first-order chi connectivity index (χ1) is 17.4. The molecule has 1 unspecified atom stereocenters. The minimum atomic E-state index is -0.348. The third-order valence-electron chi connectivity index (χ3n) is 8.31. The number of aromatic nitrogens is 2. The second-order valence-corrected chi connectivity index (χ2v) is 13.0. The van der Waals surface area contributed by atoms with Gasteiger partial charge in [0.2, 0.25) is 5.91 Å². The summed E-state index contributed by atoms with van der Waals surface area (Å²) < 4.78 is 2.16. The summed E-state index contributed by atoms with van der Waals surface area (Å²) in [4.78, 5) is 21.3. The Balaban J connectivity index is 1.53. The molecule has 1 amide bonds. The second-order valence-electron chi connectivity index (χ2n) is 13.0. The van der Waals surface area contributed by atoms with E-state index >= 15 is 0 Å². The Kier molecular flexibility index (Phi) is 5.40. The summed E-state index contributed by atoms with van der Waals surface area (Å²) >= 11 is 0. The molecule has 3 aromatic rings. The third-order valence-corrected chi connectivity index (χ3v) is 8.31. The predicted molar refractivity (Wildman–Crippen MR) is 152 cm³/mol. The van der Waals surface area contributed by atoms with Crippen LogP contribution in [0.4, 0.5) is 17.1 Å². The molecule has 2 fully saturated rings. The molecule has 3 aliphatic rings. The van der Waals surface area contributed by atoms with Gasteiger partial charge in [-0.2, -0.15) is 0 Å². The number of fused-ring (bicyclic) bond motifs is 5. The molecule has 1 saturated carbocycles. The number of nitrogens with two attached hydrogens (primary N) is 1. The van der Waals surface area contributed by atoms with Gasteiger partial charge in [-0.05, 0) is 95.7 Å². The van der Waals surface area contributed by atoms with Gasteiger partial charge in [0.15, 0.2) is 0 Å². The second kappa shape index (κ2) is 8.22. The molecule has 37 heavy (non-hydrogen) atoms. The fourth-order valence-electron chi connectivity index (χ4n) is 7.07. The van der Waals surface area contributed by atoms with Crippen LogP contribution in [-0.4, -0.2) is 38.6 Å². The highest BCUT2D eigenvalue weighted by atomic mass is 16.2. The minimum absolute atomic E-state index is 0.00793. The van der Waals surface area contributed by atoms with Gasteiger partial charge in [-0.25, -0.2) is 4.98 Å². The maximum absolute atomic E-state index is 13.5. The van der Waals surface area contributed by atoms with E-state index in [2.05, 4.69) is 92.0 Å². The number of piperidine rings is 1. The van der Waals surface area contributed by atoms with E-state index < -0.39 is 0 Å². The third kappa shape index (κ3) is 4.08. The fraction of sp³-hybridized carbons (Fsp3) is 0.533. The highest BCUT2D eigenvalue weighted by Gasteiger charge is 2.44. The van der Waals surface area contributed by atoms with Crippen molar-refractivity contribution in [2.75, 3.05) is 15.5 Å². The number of rotatable bonds is 4. The molecule has 1 aromatic heterocycles. The van der Waals surface area contributed by atoms with Crippen molar-refractivity contribution >= 4 is 34.0 Å². The first-order valence-electron chi connectivity index (χ1n) is 13.7. The molecule has 1 aliphatic carbocycles. The maximum Gasteiger partial charge on any atom is 0.247 e. The number of hydrogen-bond donors (Lipinski definition) is 3. The van der Waals surface area contributed by atoms with Gasteiger partial charge in [0.25, 0.3) is 0 Å². The van der Waals surface area contributed by atoms with E-state index in [9.17, 15) is 4.79 Å². The highest BCUT2D eigenvalue weighted by molar-refractivity contribution is 6.02. The van der Waals surface area contributed by atoms with E-state index in [1.54, 1.807) is 0 Å². The number of hydrogen-bond acceptors (Lipinski definition) is 5. The van der Waals surface area contributed by atoms with Crippen molar-refractivity contribution in [2.45, 2.75) is 96.4 Å². The smallest absolute Gasteiger partial charge is 0.247 e. The van der Waals surface area contributed by atoms with Crippen LogP contribution >= 0.6 is 0 Å². The summed E-state index contributed by atoms with van der Waals surface area (Å²) in [5.74, 6) is 0.960. The number of imidazole rings is 1. The molecule has 0 spiro atoms. The number of benzene rings is 2. The molecular formula is C30H40N6O. The zero-order chi connectivity index (χ0) is 26.3. The number of amides is 1. The van der Waals surface area contributed by atoms with Crippen LogP contribution in [0.15, 0.2) is 36.4 Å². The van der Waals surface area contributed by atoms with Gasteiger partial charge in [-0.3, -0.25) is 4.79 Å². The van der Waals surface area contributed by atoms with Crippen molar-refractivity contribution in [3.63, 3.8) is 0 Å². The van der Waals surface area contributed by atoms with Crippen LogP contribution in [0.2, 0.25) is 0 Å². The quantitative estimate of drug-likeness (QED) is 0.414. The predicted octanol–water partition coefficient (Wildman–Crippen LogP) is 5.91. The van der Waals surface area contributed by atoms with E-state index in [4.69, 9.17) is 10.7 Å². The molecule has 2 aromatic carbocycles. The first-order valence-corrected chi connectivity index (χ1v) is 13.7. The number of carbonyl (C=O) groups excluding carboxylic acids is 1. The Morgan fingerprint density at radius 3 is 2.41 bits per heavy atom. The van der Waals surface area contributed by atoms with Gasteiger partial charge < -0.3 is 25.8 Å². The molecule has 0 bridgehead atoms. The largest absolute Gasteiger partial charge is 0.382 e. The maximum atomic E-state index is 13.5. The Bertz CT molecular complexity index is 1360. The van der Waals surface area contributed by atoms with E-state index in [1.807, 2.05) is 6.07 Å². The summed E-state index contributed by atoms with van der Waals surface area (Å²) in [6.45, 7) is 13.3. The van der Waals surface area contributed by atoms with Crippen molar-refractivity contribution < 1.29 is 4.79 Å². The van der Waals surface area contributed by atoms with Crippen LogP contribution in [0.3, 0.4) is 0 Å². The van der Waals surface area contributed by atoms with Gasteiger partial charge in [-0.15, -0.1) is 0 Å². The van der Waals surface area contributed by atoms with E-state index in [0.717, 1.165) is 52.3 Å². The average molecular weight is 501 g/mol. The standard InChI is InChI=1S/C30H40N6O/c1-17(2)26-28(37)34-23-11-9-20(32-19-7-8-19)13-22(23)27-33-24-14-21(10-12-25(24)35(26)27)36-29(3,4)15-18(31)16-30(36,5)6/h9-14,17-19,26,32H,7-8,15-16,31H2,1-6H3,(H,34,37). The number of anilines is 3. The zero-order valence-corrected chi connectivity index (χ0v) is 22.9. The molecule has 0 radical (unpaired) electrons. The highest BCUT2D eigenvalue weighted by Crippen LogP contribution is 2.44. The number of carbonyl (C=O) groups is 1. The Hall–Kier alpha value is -3.06. The molecule has 196 valence electrons. The van der Waals surface area contributed by atoms with Crippen molar-refractivity contribution in [2.24, 2.45) is 11.7 Å².